The molecule has 0 aromatic heterocycles. The number of nitrogens with zero attached hydrogens (tertiary/aromatic N) is 3. The maximum atomic E-state index is 4.45. The molecule has 9 aromatic carbocycles. The molecule has 0 aliphatic heterocycles. The fourth-order valence-electron chi connectivity index (χ4n) is 12.1. The molecule has 9 aromatic rings. The van der Waals surface area contributed by atoms with Gasteiger partial charge < -0.3 is 14.7 Å². The molecule has 11 rings (SSSR count). The van der Waals surface area contributed by atoms with Crippen molar-refractivity contribution in [1.29, 1.82) is 0 Å². The minimum atomic E-state index is -0.199. The number of rotatable bonds is 9. The smallest absolute Gasteiger partial charge is 0.0657 e. The predicted molar refractivity (Wildman–Crippen MR) is 334 cm³/mol. The summed E-state index contributed by atoms with van der Waals surface area (Å²) in [6, 6.07) is 73.5. The van der Waals surface area contributed by atoms with Gasteiger partial charge in [-0.2, -0.15) is 0 Å². The Labute approximate surface area is 468 Å². The first-order valence-corrected chi connectivity index (χ1v) is 28.3. The fraction of sp³-hybridized carbons (Fsp3) is 0.260. The molecule has 388 valence electrons. The van der Waals surface area contributed by atoms with Crippen LogP contribution in [-0.2, 0) is 27.1 Å². The molecule has 0 fully saturated rings. The molecule has 0 saturated carbocycles. The summed E-state index contributed by atoms with van der Waals surface area (Å²) in [4.78, 5) is 7.38. The summed E-state index contributed by atoms with van der Waals surface area (Å²) in [5, 5.41) is 0. The molecule has 3 nitrogen and oxygen atoms in total. The molecule has 0 bridgehead atoms. The molecule has 0 unspecified atom stereocenters. The first kappa shape index (κ1) is 51.9. The van der Waals surface area contributed by atoms with E-state index >= 15 is 0 Å². The van der Waals surface area contributed by atoms with Gasteiger partial charge >= 0.3 is 0 Å². The van der Waals surface area contributed by atoms with E-state index in [1.165, 1.54) is 61.2 Å². The lowest BCUT2D eigenvalue weighted by Gasteiger charge is -2.34. The van der Waals surface area contributed by atoms with Gasteiger partial charge in [-0.05, 0) is 197 Å². The van der Waals surface area contributed by atoms with E-state index < -0.39 is 0 Å². The highest BCUT2D eigenvalue weighted by Gasteiger charge is 2.38. The number of benzene rings is 9. The van der Waals surface area contributed by atoms with E-state index in [1.807, 2.05) is 0 Å². The number of hydrogen-bond acceptors (Lipinski definition) is 3. The highest BCUT2D eigenvalue weighted by atomic mass is 79.9. The van der Waals surface area contributed by atoms with Crippen molar-refractivity contribution in [3.05, 3.63) is 243 Å². The topological polar surface area (TPSA) is 9.72 Å². The Morgan fingerprint density at radius 3 is 1.09 bits per heavy atom. The number of halogens is 1. The van der Waals surface area contributed by atoms with Crippen LogP contribution >= 0.6 is 15.9 Å². The van der Waals surface area contributed by atoms with E-state index in [2.05, 4.69) is 322 Å². The van der Waals surface area contributed by atoms with Gasteiger partial charge in [0.15, 0.2) is 0 Å². The summed E-state index contributed by atoms with van der Waals surface area (Å²) in [6.45, 7) is 32.3. The molecule has 0 saturated heterocycles. The summed E-state index contributed by atoms with van der Waals surface area (Å²) < 4.78 is 0.994. The third-order valence-corrected chi connectivity index (χ3v) is 17.4. The van der Waals surface area contributed by atoms with Gasteiger partial charge in [-0.25, -0.2) is 0 Å². The van der Waals surface area contributed by atoms with Crippen molar-refractivity contribution >= 4 is 67.1 Å². The maximum Gasteiger partial charge on any atom is 0.0657 e. The van der Waals surface area contributed by atoms with E-state index in [0.29, 0.717) is 0 Å². The van der Waals surface area contributed by atoms with E-state index in [9.17, 15) is 0 Å². The normalized spacial score (nSPS) is 14.1. The molecule has 2 aliphatic carbocycles. The molecule has 0 radical (unpaired) electrons. The highest BCUT2D eigenvalue weighted by molar-refractivity contribution is 9.10. The van der Waals surface area contributed by atoms with Crippen LogP contribution in [-0.4, -0.2) is 0 Å². The minimum Gasteiger partial charge on any atom is -0.310 e. The molecule has 0 amide bonds. The molecule has 0 N–H and O–H groups in total. The Hall–Kier alpha value is -7.14. The Kier molecular flexibility index (Phi) is 12.7. The van der Waals surface area contributed by atoms with Crippen LogP contribution < -0.4 is 14.7 Å². The summed E-state index contributed by atoms with van der Waals surface area (Å²) >= 11 is 4.45. The van der Waals surface area contributed by atoms with Crippen LogP contribution in [0.5, 0.6) is 0 Å². The third kappa shape index (κ3) is 9.21. The lowest BCUT2D eigenvalue weighted by Crippen LogP contribution is -2.19. The Balaban J connectivity index is 1.14. The summed E-state index contributed by atoms with van der Waals surface area (Å²) in [5.41, 5.74) is 25.0. The van der Waals surface area contributed by atoms with Gasteiger partial charge in [0, 0.05) is 50.6 Å². The van der Waals surface area contributed by atoms with Crippen LogP contribution in [0.15, 0.2) is 199 Å². The standard InChI is InChI=1S/C73H74BrN3/c1-47-41-66(76(53-22-19-21-50(43-53)71(8,9)10)56-37-39-60-58-25-15-17-27-62(58)72(11,12)64(60)45-56)68(74)67(42-47)77(57-38-40-61-59-26-16-18-28-63(59)73(13,14)65(61)46-57)55-24-20-23-54(44-55)75(51-33-29-48(30-34-51)69(2,3)4)52-35-31-49(32-36-52)70(5,6)7/h15-46H,1-14H3. The van der Waals surface area contributed by atoms with E-state index in [1.54, 1.807) is 0 Å². The second-order valence-corrected chi connectivity index (χ2v) is 26.6. The second kappa shape index (κ2) is 18.8. The lowest BCUT2D eigenvalue weighted by atomic mass is 9.82. The summed E-state index contributed by atoms with van der Waals surface area (Å²) in [5.74, 6) is 0. The van der Waals surface area contributed by atoms with Crippen molar-refractivity contribution in [1.82, 2.24) is 0 Å². The van der Waals surface area contributed by atoms with Crippen LogP contribution in [0.3, 0.4) is 0 Å². The minimum absolute atomic E-state index is 0.0257. The zero-order valence-corrected chi connectivity index (χ0v) is 49.3. The number of aryl methyl sites for hydroxylation is 1. The van der Waals surface area contributed by atoms with Crippen LogP contribution in [0, 0.1) is 6.92 Å². The van der Waals surface area contributed by atoms with Gasteiger partial charge in [-0.1, -0.05) is 193 Å². The van der Waals surface area contributed by atoms with Crippen LogP contribution in [0.25, 0.3) is 22.3 Å². The predicted octanol–water partition coefficient (Wildman–Crippen LogP) is 21.7. The van der Waals surface area contributed by atoms with Crippen molar-refractivity contribution in [2.75, 3.05) is 14.7 Å². The van der Waals surface area contributed by atoms with Gasteiger partial charge in [0.1, 0.15) is 0 Å². The van der Waals surface area contributed by atoms with Crippen molar-refractivity contribution in [2.45, 2.75) is 124 Å². The van der Waals surface area contributed by atoms with Crippen molar-refractivity contribution in [3.63, 3.8) is 0 Å². The van der Waals surface area contributed by atoms with Crippen molar-refractivity contribution in [2.24, 2.45) is 0 Å². The average Bonchev–Trinajstić information content (AvgIpc) is 3.78. The van der Waals surface area contributed by atoms with E-state index in [0.717, 1.165) is 61.2 Å². The van der Waals surface area contributed by atoms with Gasteiger partial charge in [0.25, 0.3) is 0 Å². The maximum absolute atomic E-state index is 4.45. The number of hydrogen-bond donors (Lipinski definition) is 0. The molecule has 0 heterocycles. The summed E-state index contributed by atoms with van der Waals surface area (Å²) in [6.07, 6.45) is 0. The molecular weight excluding hydrogens is 999 g/mol. The van der Waals surface area contributed by atoms with Gasteiger partial charge in [-0.3, -0.25) is 0 Å². The van der Waals surface area contributed by atoms with Gasteiger partial charge in [0.2, 0.25) is 0 Å². The Bertz CT molecular complexity index is 3670. The number of fused-ring (bicyclic) bond motifs is 6. The fourth-order valence-corrected chi connectivity index (χ4v) is 12.7. The van der Waals surface area contributed by atoms with Gasteiger partial charge in [0.05, 0.1) is 15.8 Å². The zero-order valence-electron chi connectivity index (χ0n) is 47.7. The zero-order chi connectivity index (χ0) is 54.6. The third-order valence-electron chi connectivity index (χ3n) is 16.6. The quantitative estimate of drug-likeness (QED) is 0.143. The molecule has 0 atom stereocenters. The first-order chi connectivity index (χ1) is 36.4. The Morgan fingerprint density at radius 2 is 0.662 bits per heavy atom. The average molecular weight is 1070 g/mol. The summed E-state index contributed by atoms with van der Waals surface area (Å²) in [7, 11) is 0. The lowest BCUT2D eigenvalue weighted by molar-refractivity contribution is 0.590. The second-order valence-electron chi connectivity index (χ2n) is 25.8. The van der Waals surface area contributed by atoms with Crippen molar-refractivity contribution < 1.29 is 0 Å². The largest absolute Gasteiger partial charge is 0.310 e. The molecule has 2 aliphatic rings. The molecule has 0 spiro atoms. The van der Waals surface area contributed by atoms with Crippen LogP contribution in [0.4, 0.5) is 51.2 Å². The SMILES string of the molecule is Cc1cc(N(c2cccc(N(c3ccc(C(C)(C)C)cc3)c3ccc(C(C)(C)C)cc3)c2)c2ccc3c(c2)C(C)(C)c2ccccc2-3)c(Br)c(N(c2cccc(C(C)(C)C)c2)c2ccc3c(c2)C(C)(C)c2ccccc2-3)c1. The first-order valence-electron chi connectivity index (χ1n) is 27.5. The van der Waals surface area contributed by atoms with E-state index in [-0.39, 0.29) is 27.1 Å². The van der Waals surface area contributed by atoms with Crippen molar-refractivity contribution in [3.8, 4) is 22.3 Å². The van der Waals surface area contributed by atoms with Crippen LogP contribution in [0.1, 0.15) is 135 Å². The monoisotopic (exact) mass is 1070 g/mol. The molecular formula is C73H74BrN3. The van der Waals surface area contributed by atoms with Gasteiger partial charge in [-0.15, -0.1) is 0 Å². The Morgan fingerprint density at radius 1 is 0.312 bits per heavy atom. The van der Waals surface area contributed by atoms with Crippen LogP contribution in [0.2, 0.25) is 0 Å². The highest BCUT2D eigenvalue weighted by Crippen LogP contribution is 2.55. The van der Waals surface area contributed by atoms with E-state index in [4.69, 9.17) is 0 Å². The molecule has 4 heteroatoms. The molecule has 77 heavy (non-hydrogen) atoms. The number of anilines is 9.